The van der Waals surface area contributed by atoms with Gasteiger partial charge < -0.3 is 24.6 Å². The summed E-state index contributed by atoms with van der Waals surface area (Å²) in [5.41, 5.74) is 3.01. The van der Waals surface area contributed by atoms with E-state index in [9.17, 15) is 4.79 Å². The van der Waals surface area contributed by atoms with Gasteiger partial charge in [-0.3, -0.25) is 0 Å². The third kappa shape index (κ3) is 6.13. The second-order valence-electron chi connectivity index (χ2n) is 7.81. The Kier molecular flexibility index (Phi) is 8.25. The van der Waals surface area contributed by atoms with Gasteiger partial charge in [0.2, 0.25) is 11.0 Å². The number of thioether (sulfide) groups is 1. The van der Waals surface area contributed by atoms with E-state index in [1.54, 1.807) is 30.0 Å². The molecule has 2 aromatic carbocycles. The van der Waals surface area contributed by atoms with Gasteiger partial charge in [-0.15, -0.1) is 10.2 Å². The summed E-state index contributed by atoms with van der Waals surface area (Å²) in [6.07, 6.45) is 2.81. The zero-order chi connectivity index (χ0) is 24.6. The van der Waals surface area contributed by atoms with Crippen LogP contribution in [-0.2, 0) is 4.79 Å². The molecule has 35 heavy (non-hydrogen) atoms. The largest absolute Gasteiger partial charge is 0.490 e. The molecule has 4 rings (SSSR count). The molecule has 0 spiro atoms. The number of unbranched alkanes of at least 4 members (excludes halogenated alkanes) is 2. The van der Waals surface area contributed by atoms with E-state index in [0.717, 1.165) is 41.8 Å². The number of carboxylic acids is 1. The van der Waals surface area contributed by atoms with Gasteiger partial charge in [0.1, 0.15) is 0 Å². The van der Waals surface area contributed by atoms with E-state index in [0.29, 0.717) is 34.8 Å². The molecule has 0 saturated heterocycles. The topological polar surface area (TPSA) is 116 Å². The molecule has 2 heterocycles. The maximum absolute atomic E-state index is 10.9. The van der Waals surface area contributed by atoms with Gasteiger partial charge >= 0.3 is 5.97 Å². The maximum Gasteiger partial charge on any atom is 0.341 e. The van der Waals surface area contributed by atoms with E-state index in [-0.39, 0.29) is 0 Å². The second-order valence-corrected chi connectivity index (χ2v) is 8.88. The van der Waals surface area contributed by atoms with Crippen molar-refractivity contribution in [2.45, 2.75) is 44.5 Å². The Morgan fingerprint density at radius 2 is 1.97 bits per heavy atom. The van der Waals surface area contributed by atoms with Gasteiger partial charge in [-0.25, -0.2) is 4.79 Å². The first-order valence-electron chi connectivity index (χ1n) is 11.6. The molecule has 1 aromatic heterocycles. The number of carboxylic acid groups (broad SMARTS) is 1. The van der Waals surface area contributed by atoms with Gasteiger partial charge in [0, 0.05) is 22.6 Å². The minimum absolute atomic E-state index is 0.349. The molecule has 10 heteroatoms. The number of rotatable bonds is 11. The van der Waals surface area contributed by atoms with E-state index in [2.05, 4.69) is 27.4 Å². The minimum Gasteiger partial charge on any atom is -0.490 e. The minimum atomic E-state index is -1.06. The highest BCUT2D eigenvalue weighted by Gasteiger charge is 2.27. The molecule has 1 atom stereocenters. The van der Waals surface area contributed by atoms with Crippen molar-refractivity contribution in [2.24, 2.45) is 0 Å². The van der Waals surface area contributed by atoms with Crippen LogP contribution in [0.15, 0.2) is 47.6 Å². The number of aromatic nitrogens is 3. The van der Waals surface area contributed by atoms with E-state index < -0.39 is 18.8 Å². The molecule has 184 valence electrons. The predicted octanol–water partition coefficient (Wildman–Crippen LogP) is 5.19. The monoisotopic (exact) mass is 496 g/mol. The molecule has 1 unspecified atom stereocenters. The summed E-state index contributed by atoms with van der Waals surface area (Å²) in [5.74, 6) is 1.03. The van der Waals surface area contributed by atoms with Crippen LogP contribution >= 0.6 is 11.8 Å². The molecule has 3 aromatic rings. The maximum atomic E-state index is 10.9. The lowest BCUT2D eigenvalue weighted by molar-refractivity contribution is -0.139. The highest BCUT2D eigenvalue weighted by atomic mass is 32.2. The normalized spacial score (nSPS) is 14.1. The number of anilines is 1. The van der Waals surface area contributed by atoms with Crippen LogP contribution in [0.1, 0.15) is 44.9 Å². The molecule has 1 aliphatic heterocycles. The van der Waals surface area contributed by atoms with Crippen LogP contribution < -0.4 is 19.5 Å². The molecule has 0 fully saturated rings. The Labute approximate surface area is 208 Å². The van der Waals surface area contributed by atoms with Crippen molar-refractivity contribution in [3.05, 3.63) is 48.0 Å². The van der Waals surface area contributed by atoms with E-state index >= 15 is 0 Å². The lowest BCUT2D eigenvalue weighted by Gasteiger charge is -2.21. The predicted molar refractivity (Wildman–Crippen MR) is 133 cm³/mol. The number of hydrogen-bond acceptors (Lipinski definition) is 9. The molecule has 0 bridgehead atoms. The SMILES string of the molecule is CCCCCSc1nnc2c(n1)OC(c1ccc(OCC(=O)O)c(OCC)c1)Nc1ccccc1-2. The molecule has 2 N–H and O–H groups in total. The van der Waals surface area contributed by atoms with Crippen LogP contribution in [-0.4, -0.2) is 45.2 Å². The smallest absolute Gasteiger partial charge is 0.341 e. The molecular weight excluding hydrogens is 468 g/mol. The number of aliphatic carboxylic acids is 1. The van der Waals surface area contributed by atoms with Crippen LogP contribution in [0.25, 0.3) is 11.3 Å². The number of benzene rings is 2. The standard InChI is InChI=1S/C25H28N4O5S/c1-3-5-8-13-35-25-27-24-22(28-29-25)17-9-6-7-10-18(17)26-23(34-24)16-11-12-19(33-15-21(30)31)20(14-16)32-4-2/h6-7,9-12,14,23,26H,3-5,8,13,15H2,1-2H3,(H,30,31). The van der Waals surface area contributed by atoms with E-state index in [1.807, 2.05) is 31.2 Å². The van der Waals surface area contributed by atoms with Crippen molar-refractivity contribution >= 4 is 23.4 Å². The number of nitrogens with one attached hydrogen (secondary N) is 1. The van der Waals surface area contributed by atoms with Crippen molar-refractivity contribution in [3.8, 4) is 28.6 Å². The van der Waals surface area contributed by atoms with Crippen molar-refractivity contribution < 1.29 is 24.1 Å². The van der Waals surface area contributed by atoms with Gasteiger partial charge in [-0.1, -0.05) is 49.7 Å². The van der Waals surface area contributed by atoms with Crippen molar-refractivity contribution in [2.75, 3.05) is 24.3 Å². The summed E-state index contributed by atoms with van der Waals surface area (Å²) in [6.45, 7) is 3.96. The number of hydrogen-bond donors (Lipinski definition) is 2. The number of para-hydroxylation sites is 1. The lowest BCUT2D eigenvalue weighted by atomic mass is 10.1. The number of nitrogens with zero attached hydrogens (tertiary/aromatic N) is 3. The summed E-state index contributed by atoms with van der Waals surface area (Å²) in [6, 6.07) is 13.0. The first kappa shape index (κ1) is 24.6. The molecule has 9 nitrogen and oxygen atoms in total. The summed E-state index contributed by atoms with van der Waals surface area (Å²) < 4.78 is 17.4. The van der Waals surface area contributed by atoms with E-state index in [1.165, 1.54) is 0 Å². The van der Waals surface area contributed by atoms with E-state index in [4.69, 9.17) is 19.3 Å². The molecule has 0 saturated carbocycles. The highest BCUT2D eigenvalue weighted by molar-refractivity contribution is 7.99. The van der Waals surface area contributed by atoms with Crippen LogP contribution in [0.5, 0.6) is 17.4 Å². The number of fused-ring (bicyclic) bond motifs is 3. The van der Waals surface area contributed by atoms with Crippen molar-refractivity contribution in [1.29, 1.82) is 0 Å². The van der Waals surface area contributed by atoms with Gasteiger partial charge in [0.05, 0.1) is 6.61 Å². The molecular formula is C25H28N4O5S. The summed E-state index contributed by atoms with van der Waals surface area (Å²) in [5, 5.41) is 21.7. The third-order valence-electron chi connectivity index (χ3n) is 5.23. The lowest BCUT2D eigenvalue weighted by Crippen LogP contribution is -2.17. The second kappa shape index (κ2) is 11.7. The Morgan fingerprint density at radius 1 is 1.11 bits per heavy atom. The zero-order valence-corrected chi connectivity index (χ0v) is 20.5. The van der Waals surface area contributed by atoms with Gasteiger partial charge in [0.15, 0.2) is 30.0 Å². The molecule has 1 aliphatic rings. The van der Waals surface area contributed by atoms with Gasteiger partial charge in [-0.2, -0.15) is 4.98 Å². The van der Waals surface area contributed by atoms with Gasteiger partial charge in [0.25, 0.3) is 0 Å². The fourth-order valence-electron chi connectivity index (χ4n) is 3.59. The average Bonchev–Trinajstić information content (AvgIpc) is 3.02. The average molecular weight is 497 g/mol. The highest BCUT2D eigenvalue weighted by Crippen LogP contribution is 2.41. The number of ether oxygens (including phenoxy) is 3. The number of carbonyl (C=O) groups is 1. The fraction of sp³-hybridized carbons (Fsp3) is 0.360. The Balaban J connectivity index is 1.66. The van der Waals surface area contributed by atoms with Crippen LogP contribution in [0.3, 0.4) is 0 Å². The Bertz CT molecular complexity index is 1180. The summed E-state index contributed by atoms with van der Waals surface area (Å²) in [7, 11) is 0. The van der Waals surface area contributed by atoms with Crippen LogP contribution in [0, 0.1) is 0 Å². The quantitative estimate of drug-likeness (QED) is 0.271. The van der Waals surface area contributed by atoms with Crippen LogP contribution in [0.2, 0.25) is 0 Å². The Morgan fingerprint density at radius 3 is 2.77 bits per heavy atom. The van der Waals surface area contributed by atoms with Crippen LogP contribution in [0.4, 0.5) is 5.69 Å². The third-order valence-corrected chi connectivity index (χ3v) is 6.16. The summed E-state index contributed by atoms with van der Waals surface area (Å²) in [4.78, 5) is 15.6. The fourth-order valence-corrected chi connectivity index (χ4v) is 4.37. The van der Waals surface area contributed by atoms with Gasteiger partial charge in [-0.05, 0) is 37.6 Å². The molecule has 0 amide bonds. The van der Waals surface area contributed by atoms with Crippen molar-refractivity contribution in [3.63, 3.8) is 0 Å². The van der Waals surface area contributed by atoms with Crippen molar-refractivity contribution in [1.82, 2.24) is 15.2 Å². The first-order valence-corrected chi connectivity index (χ1v) is 12.6. The molecule has 0 aliphatic carbocycles. The summed E-state index contributed by atoms with van der Waals surface area (Å²) >= 11 is 1.57. The Hall–Kier alpha value is -3.53. The first-order chi connectivity index (χ1) is 17.1. The molecule has 0 radical (unpaired) electrons. The zero-order valence-electron chi connectivity index (χ0n) is 19.7.